The average Bonchev–Trinajstić information content (AvgIpc) is 3.15. The highest BCUT2D eigenvalue weighted by molar-refractivity contribution is 7.53. The molecule has 0 aliphatic carbocycles. The molecule has 0 radical (unpaired) electrons. The molecule has 10 nitrogen and oxygen atoms in total. The molecule has 12 heteroatoms. The van der Waals surface area contributed by atoms with Crippen molar-refractivity contribution in [2.45, 2.75) is 72.8 Å². The molecule has 2 amide bonds. The van der Waals surface area contributed by atoms with Gasteiger partial charge in [-0.15, -0.1) is 0 Å². The highest BCUT2D eigenvalue weighted by Gasteiger charge is 2.34. The lowest BCUT2D eigenvalue weighted by molar-refractivity contribution is 0.0428. The van der Waals surface area contributed by atoms with Crippen LogP contribution in [0.15, 0.2) is 30.5 Å². The second-order valence-electron chi connectivity index (χ2n) is 9.79. The zero-order valence-electron chi connectivity index (χ0n) is 22.0. The summed E-state index contributed by atoms with van der Waals surface area (Å²) in [6.45, 7) is 13.6. The Morgan fingerprint density at radius 2 is 1.50 bits per heavy atom. The van der Waals surface area contributed by atoms with Gasteiger partial charge in [-0.2, -0.15) is 10.00 Å². The summed E-state index contributed by atoms with van der Waals surface area (Å²) in [4.78, 5) is 26.1. The minimum Gasteiger partial charge on any atom is -0.443 e. The summed E-state index contributed by atoms with van der Waals surface area (Å²) in [5, 5.41) is 4.33. The Morgan fingerprint density at radius 3 is 1.94 bits per heavy atom. The van der Waals surface area contributed by atoms with E-state index in [1.165, 1.54) is 16.8 Å². The number of anilines is 1. The number of aromatic nitrogens is 2. The van der Waals surface area contributed by atoms with E-state index in [-0.39, 0.29) is 25.1 Å². The summed E-state index contributed by atoms with van der Waals surface area (Å²) in [7, 11) is -3.37. The molecule has 0 saturated carbocycles. The van der Waals surface area contributed by atoms with Gasteiger partial charge >= 0.3 is 19.8 Å². The van der Waals surface area contributed by atoms with Crippen LogP contribution >= 0.6 is 7.60 Å². The van der Waals surface area contributed by atoms with Crippen molar-refractivity contribution in [3.8, 4) is 5.69 Å². The maximum absolute atomic E-state index is 15.3. The van der Waals surface area contributed by atoms with Crippen LogP contribution in [0.4, 0.5) is 19.7 Å². The molecule has 0 spiro atoms. The second-order valence-corrected chi connectivity index (χ2v) is 11.8. The summed E-state index contributed by atoms with van der Waals surface area (Å²) < 4.78 is 50.6. The molecule has 2 rings (SSSR count). The van der Waals surface area contributed by atoms with Gasteiger partial charge in [0, 0.05) is 12.3 Å². The zero-order chi connectivity index (χ0) is 27.3. The Kier molecular flexibility index (Phi) is 9.45. The molecular formula is C24H35FN3O7P. The van der Waals surface area contributed by atoms with Gasteiger partial charge in [0.2, 0.25) is 0 Å². The fraction of sp³-hybridized carbons (Fsp3) is 0.542. The van der Waals surface area contributed by atoms with Gasteiger partial charge in [0.05, 0.1) is 36.4 Å². The first kappa shape index (κ1) is 29.5. The molecule has 36 heavy (non-hydrogen) atoms. The van der Waals surface area contributed by atoms with Crippen LogP contribution < -0.4 is 4.90 Å². The van der Waals surface area contributed by atoms with E-state index in [2.05, 4.69) is 5.10 Å². The molecule has 0 unspecified atom stereocenters. The first-order valence-corrected chi connectivity index (χ1v) is 13.3. The number of carbonyl (C=O) groups excluding carboxylic acids is 2. The smallest absolute Gasteiger partial charge is 0.424 e. The van der Waals surface area contributed by atoms with E-state index in [1.54, 1.807) is 67.7 Å². The minimum atomic E-state index is -3.37. The third kappa shape index (κ3) is 8.43. The number of nitrogens with zero attached hydrogens (tertiary/aromatic N) is 3. The topological polar surface area (TPSA) is 109 Å². The van der Waals surface area contributed by atoms with E-state index >= 15 is 4.39 Å². The number of benzene rings is 1. The van der Waals surface area contributed by atoms with Crippen LogP contribution in [0, 0.1) is 5.82 Å². The van der Waals surface area contributed by atoms with Crippen molar-refractivity contribution in [1.82, 2.24) is 9.78 Å². The summed E-state index contributed by atoms with van der Waals surface area (Å²) in [6, 6.07) is 5.45. The molecule has 0 N–H and O–H groups in total. The van der Waals surface area contributed by atoms with Gasteiger partial charge in [-0.05, 0) is 73.6 Å². The molecule has 1 aromatic carbocycles. The number of ether oxygens (including phenoxy) is 2. The Balaban J connectivity index is 2.38. The van der Waals surface area contributed by atoms with Gasteiger partial charge < -0.3 is 18.5 Å². The highest BCUT2D eigenvalue weighted by atomic mass is 31.2. The van der Waals surface area contributed by atoms with E-state index < -0.39 is 36.8 Å². The molecule has 2 aromatic rings. The van der Waals surface area contributed by atoms with Gasteiger partial charge in [0.1, 0.15) is 17.0 Å². The van der Waals surface area contributed by atoms with Crippen molar-refractivity contribution in [3.63, 3.8) is 0 Å². The van der Waals surface area contributed by atoms with Gasteiger partial charge in [-0.3, -0.25) is 4.57 Å². The van der Waals surface area contributed by atoms with Gasteiger partial charge in [-0.25, -0.2) is 18.7 Å². The van der Waals surface area contributed by atoms with Crippen LogP contribution in [-0.4, -0.2) is 46.4 Å². The van der Waals surface area contributed by atoms with E-state index in [4.69, 9.17) is 18.5 Å². The van der Waals surface area contributed by atoms with Crippen LogP contribution in [0.2, 0.25) is 0 Å². The largest absolute Gasteiger partial charge is 0.443 e. The number of imide groups is 1. The molecule has 1 aromatic heterocycles. The fourth-order valence-electron chi connectivity index (χ4n) is 3.02. The standard InChI is InChI=1S/C24H35FN3O7P/c1-9-32-36(31,33-10-2)16-17-13-14-27(26-17)18-11-12-20(19(25)15-18)28(21(29)34-23(3,4)5)22(30)35-24(6,7)8/h11-15H,9-10,16H2,1-8H3. The van der Waals surface area contributed by atoms with Crippen molar-refractivity contribution in [2.24, 2.45) is 0 Å². The number of halogens is 1. The van der Waals surface area contributed by atoms with Crippen LogP contribution in [0.25, 0.3) is 5.69 Å². The molecule has 0 fully saturated rings. The van der Waals surface area contributed by atoms with Crippen molar-refractivity contribution in [3.05, 3.63) is 42.0 Å². The lowest BCUT2D eigenvalue weighted by Crippen LogP contribution is -2.44. The summed E-state index contributed by atoms with van der Waals surface area (Å²) in [6.07, 6.45) is -0.640. The van der Waals surface area contributed by atoms with Crippen molar-refractivity contribution >= 4 is 25.5 Å². The SMILES string of the molecule is CCOP(=O)(Cc1ccn(-c2ccc(N(C(=O)OC(C)(C)C)C(=O)OC(C)(C)C)c(F)c2)n1)OCC. The first-order valence-electron chi connectivity index (χ1n) is 11.6. The third-order valence-corrected chi connectivity index (χ3v) is 6.25. The van der Waals surface area contributed by atoms with Crippen molar-refractivity contribution < 1.29 is 37.1 Å². The monoisotopic (exact) mass is 527 g/mol. The third-order valence-electron chi connectivity index (χ3n) is 4.24. The molecule has 0 atom stereocenters. The predicted octanol–water partition coefficient (Wildman–Crippen LogP) is 6.45. The first-order chi connectivity index (χ1) is 16.6. The van der Waals surface area contributed by atoms with Crippen LogP contribution in [0.5, 0.6) is 0 Å². The molecule has 200 valence electrons. The Bertz CT molecular complexity index is 1080. The number of hydrogen-bond donors (Lipinski definition) is 0. The normalized spacial score (nSPS) is 12.4. The quantitative estimate of drug-likeness (QED) is 0.360. The Morgan fingerprint density at radius 1 is 0.972 bits per heavy atom. The molecule has 0 bridgehead atoms. The lowest BCUT2D eigenvalue weighted by Gasteiger charge is -2.28. The molecule has 0 aliphatic heterocycles. The maximum Gasteiger partial charge on any atom is 0.424 e. The van der Waals surface area contributed by atoms with Gasteiger partial charge in [0.25, 0.3) is 0 Å². The van der Waals surface area contributed by atoms with Crippen molar-refractivity contribution in [1.29, 1.82) is 0 Å². The molecule has 0 saturated heterocycles. The number of hydrogen-bond acceptors (Lipinski definition) is 8. The number of amides is 2. The minimum absolute atomic E-state index is 0.0483. The van der Waals surface area contributed by atoms with E-state index in [0.29, 0.717) is 16.3 Å². The summed E-state index contributed by atoms with van der Waals surface area (Å²) >= 11 is 0. The van der Waals surface area contributed by atoms with Crippen LogP contribution in [0.1, 0.15) is 61.1 Å². The van der Waals surface area contributed by atoms with Gasteiger partial charge in [0.15, 0.2) is 0 Å². The Hall–Kier alpha value is -2.75. The van der Waals surface area contributed by atoms with E-state index in [1.807, 2.05) is 0 Å². The second kappa shape index (κ2) is 11.5. The maximum atomic E-state index is 15.3. The zero-order valence-corrected chi connectivity index (χ0v) is 22.9. The van der Waals surface area contributed by atoms with Gasteiger partial charge in [-0.1, -0.05) is 0 Å². The highest BCUT2D eigenvalue weighted by Crippen LogP contribution is 2.51. The molecule has 1 heterocycles. The average molecular weight is 528 g/mol. The summed E-state index contributed by atoms with van der Waals surface area (Å²) in [5.74, 6) is -0.879. The number of carbonyl (C=O) groups is 2. The Labute approximate surface area is 211 Å². The number of rotatable bonds is 8. The van der Waals surface area contributed by atoms with Crippen LogP contribution in [-0.2, 0) is 29.2 Å². The van der Waals surface area contributed by atoms with Crippen molar-refractivity contribution in [2.75, 3.05) is 18.1 Å². The molecular weight excluding hydrogens is 492 g/mol. The molecule has 0 aliphatic rings. The fourth-order valence-corrected chi connectivity index (χ4v) is 4.63. The van der Waals surface area contributed by atoms with E-state index in [9.17, 15) is 14.2 Å². The predicted molar refractivity (Wildman–Crippen MR) is 133 cm³/mol. The lowest BCUT2D eigenvalue weighted by atomic mass is 10.2. The summed E-state index contributed by atoms with van der Waals surface area (Å²) in [5.41, 5.74) is -1.47. The van der Waals surface area contributed by atoms with E-state index in [0.717, 1.165) is 6.07 Å². The van der Waals surface area contributed by atoms with Crippen LogP contribution in [0.3, 0.4) is 0 Å².